The number of hydrogen-bond donors (Lipinski definition) is 0. The van der Waals surface area contributed by atoms with Gasteiger partial charge in [0.25, 0.3) is 0 Å². The Balaban J connectivity index is 2.71. The van der Waals surface area contributed by atoms with Gasteiger partial charge < -0.3 is 4.52 Å². The standard InChI is InChI=1S/C7H14ClO3P/c1-6-7(2,3)11-12(9,10-6)5-4-8/h6H,4-5H2,1-3H3/t6-,12?/m0/s1. The molecule has 0 spiro atoms. The summed E-state index contributed by atoms with van der Waals surface area (Å²) >= 11 is 5.48. The van der Waals surface area contributed by atoms with Crippen molar-refractivity contribution in [2.24, 2.45) is 0 Å². The van der Waals surface area contributed by atoms with Crippen molar-refractivity contribution in [2.45, 2.75) is 32.5 Å². The molecule has 0 aromatic carbocycles. The van der Waals surface area contributed by atoms with Crippen molar-refractivity contribution in [2.75, 3.05) is 12.0 Å². The lowest BCUT2D eigenvalue weighted by molar-refractivity contribution is 0.0845. The van der Waals surface area contributed by atoms with Gasteiger partial charge in [-0.15, -0.1) is 11.6 Å². The van der Waals surface area contributed by atoms with Crippen LogP contribution in [0, 0.1) is 0 Å². The lowest BCUT2D eigenvalue weighted by Gasteiger charge is -2.18. The molecule has 0 bridgehead atoms. The molecule has 5 heteroatoms. The fourth-order valence-corrected chi connectivity index (χ4v) is 3.69. The Morgan fingerprint density at radius 2 is 2.17 bits per heavy atom. The molecule has 0 radical (unpaired) electrons. The van der Waals surface area contributed by atoms with E-state index in [1.807, 2.05) is 20.8 Å². The van der Waals surface area contributed by atoms with Crippen LogP contribution in [0.3, 0.4) is 0 Å². The van der Waals surface area contributed by atoms with E-state index in [0.717, 1.165) is 0 Å². The third kappa shape index (κ3) is 2.02. The van der Waals surface area contributed by atoms with Crippen LogP contribution in [-0.4, -0.2) is 23.7 Å². The lowest BCUT2D eigenvalue weighted by Crippen LogP contribution is -2.29. The molecule has 1 heterocycles. The van der Waals surface area contributed by atoms with Gasteiger partial charge in [-0.25, -0.2) is 0 Å². The van der Waals surface area contributed by atoms with Crippen molar-refractivity contribution in [1.82, 2.24) is 0 Å². The highest BCUT2D eigenvalue weighted by atomic mass is 35.5. The molecule has 0 aromatic heterocycles. The van der Waals surface area contributed by atoms with Crippen molar-refractivity contribution in [3.63, 3.8) is 0 Å². The summed E-state index contributed by atoms with van der Waals surface area (Å²) < 4.78 is 22.3. The smallest absolute Gasteiger partial charge is 0.302 e. The molecule has 1 fully saturated rings. The van der Waals surface area contributed by atoms with Crippen LogP contribution in [0.1, 0.15) is 20.8 Å². The predicted molar refractivity (Wildman–Crippen MR) is 48.9 cm³/mol. The molecule has 2 atom stereocenters. The van der Waals surface area contributed by atoms with Crippen molar-refractivity contribution in [3.05, 3.63) is 0 Å². The SMILES string of the molecule is C[C@@H]1OP(=O)(CCCl)OC1(C)C. The van der Waals surface area contributed by atoms with E-state index in [1.54, 1.807) is 0 Å². The van der Waals surface area contributed by atoms with Crippen molar-refractivity contribution in [3.8, 4) is 0 Å². The second kappa shape index (κ2) is 3.30. The van der Waals surface area contributed by atoms with Crippen LogP contribution in [0.4, 0.5) is 0 Å². The summed E-state index contributed by atoms with van der Waals surface area (Å²) in [4.78, 5) is 0. The quantitative estimate of drug-likeness (QED) is 0.522. The molecule has 12 heavy (non-hydrogen) atoms. The number of rotatable bonds is 2. The maximum Gasteiger partial charge on any atom is 0.332 e. The summed E-state index contributed by atoms with van der Waals surface area (Å²) in [7, 11) is -2.88. The number of halogens is 1. The van der Waals surface area contributed by atoms with E-state index < -0.39 is 13.2 Å². The van der Waals surface area contributed by atoms with Crippen molar-refractivity contribution < 1.29 is 13.6 Å². The molecule has 3 nitrogen and oxygen atoms in total. The zero-order chi connectivity index (χ0) is 9.41. The van der Waals surface area contributed by atoms with Gasteiger partial charge in [-0.05, 0) is 20.8 Å². The zero-order valence-corrected chi connectivity index (χ0v) is 9.19. The molecule has 72 valence electrons. The molecule has 0 N–H and O–H groups in total. The van der Waals surface area contributed by atoms with Gasteiger partial charge in [-0.2, -0.15) is 0 Å². The first-order valence-corrected chi connectivity index (χ1v) is 6.20. The van der Waals surface area contributed by atoms with E-state index in [2.05, 4.69) is 0 Å². The largest absolute Gasteiger partial charge is 0.332 e. The third-order valence-electron chi connectivity index (χ3n) is 2.03. The highest BCUT2D eigenvalue weighted by Gasteiger charge is 2.46. The van der Waals surface area contributed by atoms with E-state index in [-0.39, 0.29) is 6.10 Å². The molecule has 1 aliphatic heterocycles. The van der Waals surface area contributed by atoms with Gasteiger partial charge >= 0.3 is 7.60 Å². The van der Waals surface area contributed by atoms with Gasteiger partial charge in [-0.1, -0.05) is 0 Å². The molecular formula is C7H14ClO3P. The Hall–Kier alpha value is 0.440. The Morgan fingerprint density at radius 1 is 1.58 bits per heavy atom. The molecule has 1 saturated heterocycles. The first kappa shape index (κ1) is 10.5. The number of hydrogen-bond acceptors (Lipinski definition) is 3. The highest BCUT2D eigenvalue weighted by Crippen LogP contribution is 2.59. The van der Waals surface area contributed by atoms with E-state index in [9.17, 15) is 4.57 Å². The molecule has 1 unspecified atom stereocenters. The van der Waals surface area contributed by atoms with Crippen molar-refractivity contribution >= 4 is 19.2 Å². The van der Waals surface area contributed by atoms with Gasteiger partial charge in [0.2, 0.25) is 0 Å². The second-order valence-electron chi connectivity index (χ2n) is 3.47. The van der Waals surface area contributed by atoms with Gasteiger partial charge in [0.1, 0.15) is 0 Å². The van der Waals surface area contributed by atoms with Crippen molar-refractivity contribution in [1.29, 1.82) is 0 Å². The molecule has 0 aromatic rings. The average molecular weight is 213 g/mol. The lowest BCUT2D eigenvalue weighted by atomic mass is 10.0. The summed E-state index contributed by atoms with van der Waals surface area (Å²) in [6.07, 6.45) is 0.161. The zero-order valence-electron chi connectivity index (χ0n) is 7.54. The van der Waals surface area contributed by atoms with Crippen LogP contribution in [0.15, 0.2) is 0 Å². The summed E-state index contributed by atoms with van der Waals surface area (Å²) in [5.41, 5.74) is -0.457. The molecular weight excluding hydrogens is 199 g/mol. The van der Waals surface area contributed by atoms with Crippen LogP contribution in [0.5, 0.6) is 0 Å². The highest BCUT2D eigenvalue weighted by molar-refractivity contribution is 7.54. The minimum atomic E-state index is -2.88. The molecule has 0 saturated carbocycles. The minimum Gasteiger partial charge on any atom is -0.302 e. The second-order valence-corrected chi connectivity index (χ2v) is 5.91. The molecule has 0 amide bonds. The summed E-state index contributed by atoms with van der Waals surface area (Å²) in [5, 5.41) is 0. The molecule has 0 aliphatic carbocycles. The van der Waals surface area contributed by atoms with Gasteiger partial charge in [-0.3, -0.25) is 9.09 Å². The summed E-state index contributed by atoms with van der Waals surface area (Å²) in [6.45, 7) is 5.59. The van der Waals surface area contributed by atoms with E-state index >= 15 is 0 Å². The number of alkyl halides is 1. The topological polar surface area (TPSA) is 35.5 Å². The van der Waals surface area contributed by atoms with Crippen LogP contribution >= 0.6 is 19.2 Å². The van der Waals surface area contributed by atoms with Gasteiger partial charge in [0, 0.05) is 5.88 Å². The Labute approximate surface area is 77.9 Å². The van der Waals surface area contributed by atoms with Crippen LogP contribution < -0.4 is 0 Å². The molecule has 1 rings (SSSR count). The molecule has 1 aliphatic rings. The van der Waals surface area contributed by atoms with Crippen LogP contribution in [-0.2, 0) is 13.6 Å². The fraction of sp³-hybridized carbons (Fsp3) is 1.00. The maximum atomic E-state index is 11.7. The summed E-state index contributed by atoms with van der Waals surface area (Å²) in [5.74, 6) is 0.306. The predicted octanol–water partition coefficient (Wildman–Crippen LogP) is 2.63. The Morgan fingerprint density at radius 3 is 2.50 bits per heavy atom. The fourth-order valence-electron chi connectivity index (χ4n) is 1.02. The Kier molecular flexibility index (Phi) is 2.89. The van der Waals surface area contributed by atoms with E-state index in [1.165, 1.54) is 0 Å². The van der Waals surface area contributed by atoms with Gasteiger partial charge in [0.15, 0.2) is 0 Å². The maximum absolute atomic E-state index is 11.7. The monoisotopic (exact) mass is 212 g/mol. The Bertz CT molecular complexity index is 217. The van der Waals surface area contributed by atoms with E-state index in [4.69, 9.17) is 20.6 Å². The van der Waals surface area contributed by atoms with Gasteiger partial charge in [0.05, 0.1) is 17.9 Å². The average Bonchev–Trinajstić information content (AvgIpc) is 2.02. The third-order valence-corrected chi connectivity index (χ3v) is 4.64. The minimum absolute atomic E-state index is 0.133. The van der Waals surface area contributed by atoms with E-state index in [0.29, 0.717) is 12.0 Å². The summed E-state index contributed by atoms with van der Waals surface area (Å²) in [6, 6.07) is 0. The van der Waals surface area contributed by atoms with Crippen LogP contribution in [0.2, 0.25) is 0 Å². The first-order valence-electron chi connectivity index (χ1n) is 3.94. The van der Waals surface area contributed by atoms with Crippen LogP contribution in [0.25, 0.3) is 0 Å². The normalized spacial score (nSPS) is 40.2. The first-order chi connectivity index (χ1) is 5.40.